The molecule has 0 spiro atoms. The molecule has 0 aliphatic carbocycles. The van der Waals surface area contributed by atoms with Crippen molar-refractivity contribution in [2.45, 2.75) is 46.1 Å². The molecule has 27 heavy (non-hydrogen) atoms. The average Bonchev–Trinajstić information content (AvgIpc) is 3.01. The molecule has 0 saturated carbocycles. The van der Waals surface area contributed by atoms with Crippen molar-refractivity contribution in [3.05, 3.63) is 65.5 Å². The molecule has 0 atom stereocenters. The maximum Gasteiger partial charge on any atom is 0.337 e. The molecule has 2 heterocycles. The number of nitrogens with zero attached hydrogens (tertiary/aromatic N) is 4. The van der Waals surface area contributed by atoms with Crippen LogP contribution in [0.15, 0.2) is 42.7 Å². The predicted octanol–water partition coefficient (Wildman–Crippen LogP) is 4.13. The first-order valence-corrected chi connectivity index (χ1v) is 9.25. The number of pyridine rings is 1. The quantitative estimate of drug-likeness (QED) is 0.608. The zero-order valence-electron chi connectivity index (χ0n) is 15.7. The average molecular weight is 364 g/mol. The third kappa shape index (κ3) is 4.58. The Kier molecular flexibility index (Phi) is 5.96. The fourth-order valence-electron chi connectivity index (χ4n) is 3.12. The molecule has 6 heteroatoms. The van der Waals surface area contributed by atoms with E-state index in [9.17, 15) is 9.90 Å². The Balaban J connectivity index is 1.78. The summed E-state index contributed by atoms with van der Waals surface area (Å²) in [6.45, 7) is 4.99. The summed E-state index contributed by atoms with van der Waals surface area (Å²) in [4.78, 5) is 19.9. The Morgan fingerprint density at radius 1 is 1.15 bits per heavy atom. The van der Waals surface area contributed by atoms with E-state index in [-0.39, 0.29) is 5.56 Å². The lowest BCUT2D eigenvalue weighted by molar-refractivity contribution is 0.0697. The SMILES string of the molecule is CCCCCn1nc(C)nc1Cc1ccc(-c2ccncc2C(=O)O)cc1. The Hall–Kier alpha value is -3.02. The van der Waals surface area contributed by atoms with E-state index in [0.29, 0.717) is 12.0 Å². The van der Waals surface area contributed by atoms with E-state index in [1.165, 1.54) is 19.0 Å². The Morgan fingerprint density at radius 2 is 1.93 bits per heavy atom. The number of hydrogen-bond donors (Lipinski definition) is 1. The van der Waals surface area contributed by atoms with Gasteiger partial charge in [0.25, 0.3) is 0 Å². The molecule has 140 valence electrons. The molecule has 0 radical (unpaired) electrons. The van der Waals surface area contributed by atoms with Crippen molar-refractivity contribution in [3.8, 4) is 11.1 Å². The van der Waals surface area contributed by atoms with Gasteiger partial charge in [-0.25, -0.2) is 14.5 Å². The fraction of sp³-hybridized carbons (Fsp3) is 0.333. The second kappa shape index (κ2) is 8.58. The van der Waals surface area contributed by atoms with Crippen LogP contribution in [0.2, 0.25) is 0 Å². The van der Waals surface area contributed by atoms with Crippen molar-refractivity contribution >= 4 is 5.97 Å². The number of hydrogen-bond acceptors (Lipinski definition) is 4. The lowest BCUT2D eigenvalue weighted by atomic mass is 10.00. The minimum atomic E-state index is -0.974. The van der Waals surface area contributed by atoms with Crippen LogP contribution in [-0.4, -0.2) is 30.8 Å². The molecule has 2 aromatic heterocycles. The molecule has 0 bridgehead atoms. The van der Waals surface area contributed by atoms with Crippen molar-refractivity contribution < 1.29 is 9.90 Å². The van der Waals surface area contributed by atoms with E-state index in [1.807, 2.05) is 35.9 Å². The van der Waals surface area contributed by atoms with Crippen molar-refractivity contribution in [1.29, 1.82) is 0 Å². The predicted molar refractivity (Wildman–Crippen MR) is 104 cm³/mol. The van der Waals surface area contributed by atoms with Gasteiger partial charge in [0.1, 0.15) is 11.6 Å². The molecule has 0 unspecified atom stereocenters. The molecule has 0 aliphatic heterocycles. The molecule has 3 rings (SSSR count). The van der Waals surface area contributed by atoms with E-state index < -0.39 is 5.97 Å². The number of carboxylic acids is 1. The highest BCUT2D eigenvalue weighted by Gasteiger charge is 2.12. The number of aromatic nitrogens is 4. The number of unbranched alkanes of at least 4 members (excludes halogenated alkanes) is 2. The van der Waals surface area contributed by atoms with Gasteiger partial charge in [-0.05, 0) is 36.1 Å². The first kappa shape index (κ1) is 18.8. The minimum absolute atomic E-state index is 0.205. The van der Waals surface area contributed by atoms with Gasteiger partial charge < -0.3 is 5.11 Å². The van der Waals surface area contributed by atoms with Crippen LogP contribution in [0.25, 0.3) is 11.1 Å². The highest BCUT2D eigenvalue weighted by molar-refractivity contribution is 5.95. The standard InChI is InChI=1S/C21H24N4O2/c1-3-4-5-12-25-20(23-15(2)24-25)13-16-6-8-17(9-7-16)18-10-11-22-14-19(18)21(26)27/h6-11,14H,3-5,12-13H2,1-2H3,(H,26,27). The summed E-state index contributed by atoms with van der Waals surface area (Å²) in [6.07, 6.45) is 7.16. The van der Waals surface area contributed by atoms with Crippen LogP contribution >= 0.6 is 0 Å². The first-order valence-electron chi connectivity index (χ1n) is 9.25. The fourth-order valence-corrected chi connectivity index (χ4v) is 3.12. The van der Waals surface area contributed by atoms with Crippen LogP contribution in [0.4, 0.5) is 0 Å². The normalized spacial score (nSPS) is 10.9. The number of aryl methyl sites for hydroxylation is 2. The topological polar surface area (TPSA) is 80.9 Å². The van der Waals surface area contributed by atoms with Gasteiger partial charge in [-0.1, -0.05) is 44.0 Å². The van der Waals surface area contributed by atoms with E-state index in [0.717, 1.165) is 35.7 Å². The molecule has 0 saturated heterocycles. The second-order valence-corrected chi connectivity index (χ2v) is 6.61. The molecule has 6 nitrogen and oxygen atoms in total. The maximum absolute atomic E-state index is 11.4. The Bertz CT molecular complexity index is 916. The van der Waals surface area contributed by atoms with Gasteiger partial charge >= 0.3 is 5.97 Å². The van der Waals surface area contributed by atoms with E-state index in [1.54, 1.807) is 12.3 Å². The van der Waals surface area contributed by atoms with Gasteiger partial charge in [-0.2, -0.15) is 5.10 Å². The first-order chi connectivity index (χ1) is 13.1. The summed E-state index contributed by atoms with van der Waals surface area (Å²) in [6, 6.07) is 9.65. The molecule has 0 fully saturated rings. The van der Waals surface area contributed by atoms with Gasteiger partial charge in [0.2, 0.25) is 0 Å². The van der Waals surface area contributed by atoms with Crippen LogP contribution in [0.1, 0.15) is 53.8 Å². The molecular formula is C21H24N4O2. The third-order valence-electron chi connectivity index (χ3n) is 4.51. The maximum atomic E-state index is 11.4. The van der Waals surface area contributed by atoms with E-state index in [4.69, 9.17) is 0 Å². The van der Waals surface area contributed by atoms with Gasteiger partial charge in [-0.15, -0.1) is 0 Å². The molecular weight excluding hydrogens is 340 g/mol. The summed E-state index contributed by atoms with van der Waals surface area (Å²) < 4.78 is 2.00. The van der Waals surface area contributed by atoms with E-state index in [2.05, 4.69) is 22.0 Å². The van der Waals surface area contributed by atoms with Crippen LogP contribution in [0.3, 0.4) is 0 Å². The Morgan fingerprint density at radius 3 is 2.63 bits per heavy atom. The number of carboxylic acid groups (broad SMARTS) is 1. The monoisotopic (exact) mass is 364 g/mol. The van der Waals surface area contributed by atoms with Crippen molar-refractivity contribution in [1.82, 2.24) is 19.7 Å². The van der Waals surface area contributed by atoms with Crippen molar-refractivity contribution in [3.63, 3.8) is 0 Å². The van der Waals surface area contributed by atoms with Gasteiger partial charge in [0.15, 0.2) is 0 Å². The second-order valence-electron chi connectivity index (χ2n) is 6.61. The van der Waals surface area contributed by atoms with Crippen LogP contribution in [-0.2, 0) is 13.0 Å². The van der Waals surface area contributed by atoms with Gasteiger partial charge in [0.05, 0.1) is 5.56 Å². The summed E-state index contributed by atoms with van der Waals surface area (Å²) in [7, 11) is 0. The number of carbonyl (C=O) groups is 1. The van der Waals surface area contributed by atoms with Crippen LogP contribution < -0.4 is 0 Å². The number of benzene rings is 1. The summed E-state index contributed by atoms with van der Waals surface area (Å²) >= 11 is 0. The van der Waals surface area contributed by atoms with Crippen LogP contribution in [0, 0.1) is 6.92 Å². The van der Waals surface area contributed by atoms with Crippen molar-refractivity contribution in [2.24, 2.45) is 0 Å². The van der Waals surface area contributed by atoms with Gasteiger partial charge in [0, 0.05) is 25.4 Å². The smallest absolute Gasteiger partial charge is 0.337 e. The summed E-state index contributed by atoms with van der Waals surface area (Å²) in [5.41, 5.74) is 2.85. The highest BCUT2D eigenvalue weighted by atomic mass is 16.4. The lowest BCUT2D eigenvalue weighted by Crippen LogP contribution is -2.06. The third-order valence-corrected chi connectivity index (χ3v) is 4.51. The molecule has 3 aromatic rings. The number of rotatable bonds is 8. The minimum Gasteiger partial charge on any atom is -0.478 e. The molecule has 1 N–H and O–H groups in total. The molecule has 0 aliphatic rings. The van der Waals surface area contributed by atoms with Crippen LogP contribution in [0.5, 0.6) is 0 Å². The molecule has 1 aromatic carbocycles. The van der Waals surface area contributed by atoms with E-state index >= 15 is 0 Å². The largest absolute Gasteiger partial charge is 0.478 e. The Labute approximate surface area is 158 Å². The highest BCUT2D eigenvalue weighted by Crippen LogP contribution is 2.24. The summed E-state index contributed by atoms with van der Waals surface area (Å²) in [5.74, 6) is 0.783. The summed E-state index contributed by atoms with van der Waals surface area (Å²) in [5, 5.41) is 13.8. The van der Waals surface area contributed by atoms with Gasteiger partial charge in [-0.3, -0.25) is 4.98 Å². The molecule has 0 amide bonds. The lowest BCUT2D eigenvalue weighted by Gasteiger charge is -2.08. The van der Waals surface area contributed by atoms with Crippen molar-refractivity contribution in [2.75, 3.05) is 0 Å². The zero-order chi connectivity index (χ0) is 19.2. The zero-order valence-corrected chi connectivity index (χ0v) is 15.7. The number of aromatic carboxylic acids is 1.